The van der Waals surface area contributed by atoms with Gasteiger partial charge in [0.25, 0.3) is 5.91 Å². The molecule has 1 aliphatic rings. The standard InChI is InChI=1S/C24H22N4OS/c29-24(21-10-4-8-18-9-5-11-25-22(18)21)28-14-12-27(13-15-28)16-20-17-30-23(26-20)19-6-2-1-3-7-19/h1-11,17H,12-16H2. The normalized spacial score (nSPS) is 14.9. The van der Waals surface area contributed by atoms with E-state index in [2.05, 4.69) is 27.4 Å². The van der Waals surface area contributed by atoms with Crippen molar-refractivity contribution < 1.29 is 4.79 Å². The van der Waals surface area contributed by atoms with Crippen molar-refractivity contribution in [2.75, 3.05) is 26.2 Å². The summed E-state index contributed by atoms with van der Waals surface area (Å²) in [6.07, 6.45) is 1.74. The Labute approximate surface area is 179 Å². The van der Waals surface area contributed by atoms with E-state index >= 15 is 0 Å². The third kappa shape index (κ3) is 3.84. The van der Waals surface area contributed by atoms with Crippen LogP contribution in [0, 0.1) is 0 Å². The molecule has 0 bridgehead atoms. The van der Waals surface area contributed by atoms with Crippen molar-refractivity contribution in [3.05, 3.63) is 83.5 Å². The SMILES string of the molecule is O=C(c1cccc2cccnc12)N1CCN(Cc2csc(-c3ccccc3)n2)CC1. The number of pyridine rings is 1. The van der Waals surface area contributed by atoms with Crippen LogP contribution in [0.5, 0.6) is 0 Å². The third-order valence-corrected chi connectivity index (χ3v) is 6.42. The number of aromatic nitrogens is 2. The van der Waals surface area contributed by atoms with Crippen molar-refractivity contribution in [2.24, 2.45) is 0 Å². The van der Waals surface area contributed by atoms with E-state index in [4.69, 9.17) is 4.98 Å². The molecule has 150 valence electrons. The number of amides is 1. The first kappa shape index (κ1) is 18.9. The van der Waals surface area contributed by atoms with Gasteiger partial charge >= 0.3 is 0 Å². The van der Waals surface area contributed by atoms with Crippen LogP contribution in [0.1, 0.15) is 16.1 Å². The predicted molar refractivity (Wildman–Crippen MR) is 120 cm³/mol. The summed E-state index contributed by atoms with van der Waals surface area (Å²) in [5, 5.41) is 4.20. The highest BCUT2D eigenvalue weighted by Crippen LogP contribution is 2.24. The molecular formula is C24H22N4OS. The molecule has 3 heterocycles. The van der Waals surface area contributed by atoms with Gasteiger partial charge in [0.1, 0.15) is 5.01 Å². The van der Waals surface area contributed by atoms with Gasteiger partial charge in [0.2, 0.25) is 0 Å². The van der Waals surface area contributed by atoms with Crippen molar-refractivity contribution in [1.29, 1.82) is 0 Å². The van der Waals surface area contributed by atoms with Crippen LogP contribution in [0.2, 0.25) is 0 Å². The number of hydrogen-bond acceptors (Lipinski definition) is 5. The van der Waals surface area contributed by atoms with Gasteiger partial charge in [-0.2, -0.15) is 0 Å². The number of carbonyl (C=O) groups excluding carboxylic acids is 1. The number of nitrogens with zero attached hydrogens (tertiary/aromatic N) is 4. The first-order chi connectivity index (χ1) is 14.8. The second-order valence-corrected chi connectivity index (χ2v) is 8.32. The first-order valence-electron chi connectivity index (χ1n) is 10.1. The lowest BCUT2D eigenvalue weighted by atomic mass is 10.1. The minimum absolute atomic E-state index is 0.0685. The van der Waals surface area contributed by atoms with Gasteiger partial charge in [0, 0.05) is 55.3 Å². The summed E-state index contributed by atoms with van der Waals surface area (Å²) < 4.78 is 0. The molecule has 5 rings (SSSR count). The third-order valence-electron chi connectivity index (χ3n) is 5.48. The molecule has 0 aliphatic carbocycles. The van der Waals surface area contributed by atoms with Gasteiger partial charge in [-0.25, -0.2) is 4.98 Å². The maximum atomic E-state index is 13.1. The molecule has 0 atom stereocenters. The fourth-order valence-electron chi connectivity index (χ4n) is 3.88. The summed E-state index contributed by atoms with van der Waals surface area (Å²) >= 11 is 1.69. The zero-order valence-corrected chi connectivity index (χ0v) is 17.4. The van der Waals surface area contributed by atoms with Crippen LogP contribution in [-0.4, -0.2) is 51.9 Å². The second kappa shape index (κ2) is 8.34. The van der Waals surface area contributed by atoms with Crippen molar-refractivity contribution >= 4 is 28.1 Å². The molecule has 0 radical (unpaired) electrons. The molecule has 30 heavy (non-hydrogen) atoms. The summed E-state index contributed by atoms with van der Waals surface area (Å²) in [7, 11) is 0. The second-order valence-electron chi connectivity index (χ2n) is 7.46. The van der Waals surface area contributed by atoms with E-state index in [1.807, 2.05) is 53.4 Å². The molecule has 5 nitrogen and oxygen atoms in total. The minimum Gasteiger partial charge on any atom is -0.336 e. The number of carbonyl (C=O) groups is 1. The number of thiazole rings is 1. The number of para-hydroxylation sites is 1. The van der Waals surface area contributed by atoms with Gasteiger partial charge in [-0.05, 0) is 12.1 Å². The smallest absolute Gasteiger partial charge is 0.256 e. The molecule has 0 N–H and O–H groups in total. The molecule has 2 aromatic carbocycles. The Morgan fingerprint density at radius 1 is 0.933 bits per heavy atom. The fraction of sp³-hybridized carbons (Fsp3) is 0.208. The summed E-state index contributed by atoms with van der Waals surface area (Å²) in [4.78, 5) is 26.6. The monoisotopic (exact) mass is 414 g/mol. The van der Waals surface area contributed by atoms with Crippen LogP contribution in [-0.2, 0) is 6.54 Å². The van der Waals surface area contributed by atoms with E-state index in [1.54, 1.807) is 17.5 Å². The largest absolute Gasteiger partial charge is 0.336 e. The molecule has 1 saturated heterocycles. The Hall–Kier alpha value is -3.09. The molecule has 4 aromatic rings. The highest BCUT2D eigenvalue weighted by molar-refractivity contribution is 7.13. The van der Waals surface area contributed by atoms with E-state index in [9.17, 15) is 4.79 Å². The average Bonchev–Trinajstić information content (AvgIpc) is 3.28. The number of hydrogen-bond donors (Lipinski definition) is 0. The van der Waals surface area contributed by atoms with E-state index in [-0.39, 0.29) is 5.91 Å². The quantitative estimate of drug-likeness (QED) is 0.499. The molecule has 2 aromatic heterocycles. The Morgan fingerprint density at radius 2 is 1.73 bits per heavy atom. The van der Waals surface area contributed by atoms with Gasteiger partial charge in [-0.1, -0.05) is 48.5 Å². The van der Waals surface area contributed by atoms with Gasteiger partial charge in [0.15, 0.2) is 0 Å². The van der Waals surface area contributed by atoms with Crippen LogP contribution in [0.15, 0.2) is 72.2 Å². The summed E-state index contributed by atoms with van der Waals surface area (Å²) in [6, 6.07) is 20.0. The summed E-state index contributed by atoms with van der Waals surface area (Å²) in [5.74, 6) is 0.0685. The lowest BCUT2D eigenvalue weighted by molar-refractivity contribution is 0.0629. The zero-order chi connectivity index (χ0) is 20.3. The first-order valence-corrected chi connectivity index (χ1v) is 11.0. The lowest BCUT2D eigenvalue weighted by Gasteiger charge is -2.34. The fourth-order valence-corrected chi connectivity index (χ4v) is 4.70. The molecule has 0 unspecified atom stereocenters. The zero-order valence-electron chi connectivity index (χ0n) is 16.6. The Kier molecular flexibility index (Phi) is 5.26. The molecule has 6 heteroatoms. The predicted octanol–water partition coefficient (Wildman–Crippen LogP) is 4.32. The van der Waals surface area contributed by atoms with Gasteiger partial charge in [-0.15, -0.1) is 11.3 Å². The van der Waals surface area contributed by atoms with E-state index < -0.39 is 0 Å². The summed E-state index contributed by atoms with van der Waals surface area (Å²) in [6.45, 7) is 3.96. The van der Waals surface area contributed by atoms with Gasteiger partial charge in [-0.3, -0.25) is 14.7 Å². The average molecular weight is 415 g/mol. The Balaban J connectivity index is 1.22. The van der Waals surface area contributed by atoms with Crippen molar-refractivity contribution in [3.8, 4) is 10.6 Å². The lowest BCUT2D eigenvalue weighted by Crippen LogP contribution is -2.48. The van der Waals surface area contributed by atoms with Crippen LogP contribution in [0.25, 0.3) is 21.5 Å². The minimum atomic E-state index is 0.0685. The summed E-state index contributed by atoms with van der Waals surface area (Å²) in [5.41, 5.74) is 3.72. The van der Waals surface area contributed by atoms with Gasteiger partial charge < -0.3 is 4.90 Å². The molecule has 1 aliphatic heterocycles. The molecule has 0 saturated carbocycles. The Bertz CT molecular complexity index is 1160. The van der Waals surface area contributed by atoms with E-state index in [0.29, 0.717) is 5.56 Å². The van der Waals surface area contributed by atoms with E-state index in [1.165, 1.54) is 0 Å². The highest BCUT2D eigenvalue weighted by atomic mass is 32.1. The molecule has 0 spiro atoms. The number of rotatable bonds is 4. The van der Waals surface area contributed by atoms with Crippen LogP contribution in [0.3, 0.4) is 0 Å². The molecule has 1 fully saturated rings. The van der Waals surface area contributed by atoms with Crippen molar-refractivity contribution in [3.63, 3.8) is 0 Å². The number of benzene rings is 2. The van der Waals surface area contributed by atoms with Crippen LogP contribution in [0.4, 0.5) is 0 Å². The molecular weight excluding hydrogens is 392 g/mol. The number of fused-ring (bicyclic) bond motifs is 1. The van der Waals surface area contributed by atoms with Crippen LogP contribution < -0.4 is 0 Å². The van der Waals surface area contributed by atoms with Crippen LogP contribution >= 0.6 is 11.3 Å². The number of piperazine rings is 1. The molecule has 1 amide bonds. The van der Waals surface area contributed by atoms with Gasteiger partial charge in [0.05, 0.1) is 16.8 Å². The maximum Gasteiger partial charge on any atom is 0.256 e. The van der Waals surface area contributed by atoms with Crippen molar-refractivity contribution in [1.82, 2.24) is 19.8 Å². The topological polar surface area (TPSA) is 49.3 Å². The maximum absolute atomic E-state index is 13.1. The Morgan fingerprint density at radius 3 is 2.57 bits per heavy atom. The highest BCUT2D eigenvalue weighted by Gasteiger charge is 2.24. The van der Waals surface area contributed by atoms with Crippen molar-refractivity contribution in [2.45, 2.75) is 6.54 Å². The van der Waals surface area contributed by atoms with E-state index in [0.717, 1.165) is 59.9 Å².